The molecule has 17 heavy (non-hydrogen) atoms. The molecule has 0 saturated heterocycles. The minimum atomic E-state index is -0.110. The Morgan fingerprint density at radius 1 is 1.53 bits per heavy atom. The van der Waals surface area contributed by atoms with Gasteiger partial charge in [-0.3, -0.25) is 9.59 Å². The van der Waals surface area contributed by atoms with E-state index in [1.54, 1.807) is 12.1 Å². The van der Waals surface area contributed by atoms with E-state index in [2.05, 4.69) is 26.6 Å². The summed E-state index contributed by atoms with van der Waals surface area (Å²) in [6, 6.07) is 3.40. The van der Waals surface area contributed by atoms with Crippen molar-refractivity contribution >= 4 is 50.7 Å². The third-order valence-corrected chi connectivity index (χ3v) is 3.12. The van der Waals surface area contributed by atoms with Crippen molar-refractivity contribution in [2.24, 2.45) is 0 Å². The number of hydrogen-bond donors (Lipinski definition) is 2. The van der Waals surface area contributed by atoms with Gasteiger partial charge in [0.15, 0.2) is 0 Å². The number of benzene rings is 1. The first-order chi connectivity index (χ1) is 8.10. The van der Waals surface area contributed by atoms with Crippen molar-refractivity contribution in [2.75, 3.05) is 16.0 Å². The summed E-state index contributed by atoms with van der Waals surface area (Å²) in [6.07, 6.45) is 0.707. The fourth-order valence-electron chi connectivity index (χ4n) is 1.64. The first kappa shape index (κ1) is 12.4. The number of carbonyl (C=O) groups excluding carboxylic acids is 2. The van der Waals surface area contributed by atoms with Crippen LogP contribution in [0, 0.1) is 0 Å². The van der Waals surface area contributed by atoms with Crippen LogP contribution in [0.1, 0.15) is 12.0 Å². The third-order valence-electron chi connectivity index (χ3n) is 2.41. The van der Waals surface area contributed by atoms with Crippen LogP contribution in [-0.4, -0.2) is 17.1 Å². The maximum atomic E-state index is 11.4. The number of hydrogen-bond acceptors (Lipinski definition) is 2. The molecule has 2 amide bonds. The molecule has 1 aromatic rings. The van der Waals surface area contributed by atoms with Crippen molar-refractivity contribution in [1.29, 1.82) is 0 Å². The van der Waals surface area contributed by atoms with Gasteiger partial charge in [-0.05, 0) is 17.7 Å². The van der Waals surface area contributed by atoms with Gasteiger partial charge in [0.25, 0.3) is 0 Å². The number of carbonyl (C=O) groups is 2. The van der Waals surface area contributed by atoms with Gasteiger partial charge >= 0.3 is 0 Å². The Morgan fingerprint density at radius 2 is 2.29 bits per heavy atom. The molecule has 1 aliphatic rings. The maximum Gasteiger partial charge on any atom is 0.228 e. The second-order valence-corrected chi connectivity index (χ2v) is 4.90. The Morgan fingerprint density at radius 3 is 3.00 bits per heavy atom. The number of fused-ring (bicyclic) bond motifs is 1. The minimum Gasteiger partial charge on any atom is -0.325 e. The summed E-state index contributed by atoms with van der Waals surface area (Å²) in [6.45, 7) is 0. The lowest BCUT2D eigenvalue weighted by Gasteiger charge is -2.08. The van der Waals surface area contributed by atoms with Gasteiger partial charge in [0.2, 0.25) is 11.8 Å². The quantitative estimate of drug-likeness (QED) is 0.842. The van der Waals surface area contributed by atoms with Crippen molar-refractivity contribution in [1.82, 2.24) is 0 Å². The topological polar surface area (TPSA) is 58.2 Å². The zero-order chi connectivity index (χ0) is 12.4. The first-order valence-electron chi connectivity index (χ1n) is 5.08. The van der Waals surface area contributed by atoms with Crippen LogP contribution in [0.15, 0.2) is 12.1 Å². The molecule has 0 radical (unpaired) electrons. The molecular formula is C11H10BrClN2O2. The zero-order valence-electron chi connectivity index (χ0n) is 8.85. The molecule has 0 aliphatic carbocycles. The van der Waals surface area contributed by atoms with E-state index >= 15 is 0 Å². The monoisotopic (exact) mass is 316 g/mol. The molecule has 2 rings (SSSR count). The van der Waals surface area contributed by atoms with Crippen LogP contribution in [0.5, 0.6) is 0 Å². The Bertz CT molecular complexity index is 491. The number of nitrogens with one attached hydrogen (secondary N) is 2. The lowest BCUT2D eigenvalue weighted by molar-refractivity contribution is -0.116. The summed E-state index contributed by atoms with van der Waals surface area (Å²) >= 11 is 9.21. The summed E-state index contributed by atoms with van der Waals surface area (Å²) in [5.74, 6) is -0.166. The summed E-state index contributed by atoms with van der Waals surface area (Å²) in [5, 5.41) is 6.44. The van der Waals surface area contributed by atoms with Crippen molar-refractivity contribution in [3.63, 3.8) is 0 Å². The van der Waals surface area contributed by atoms with Gasteiger partial charge in [0.1, 0.15) is 0 Å². The Kier molecular flexibility index (Phi) is 3.69. The molecule has 0 bridgehead atoms. The highest BCUT2D eigenvalue weighted by Crippen LogP contribution is 2.32. The van der Waals surface area contributed by atoms with Crippen molar-refractivity contribution in [2.45, 2.75) is 12.8 Å². The summed E-state index contributed by atoms with van der Waals surface area (Å²) in [4.78, 5) is 22.6. The molecule has 90 valence electrons. The number of halogens is 2. The Balaban J connectivity index is 2.22. The number of alkyl halides is 1. The van der Waals surface area contributed by atoms with Gasteiger partial charge in [-0.1, -0.05) is 27.5 Å². The van der Waals surface area contributed by atoms with E-state index in [1.165, 1.54) is 0 Å². The predicted molar refractivity (Wildman–Crippen MR) is 70.8 cm³/mol. The van der Waals surface area contributed by atoms with Crippen molar-refractivity contribution in [3.8, 4) is 0 Å². The highest BCUT2D eigenvalue weighted by atomic mass is 79.9. The molecule has 2 N–H and O–H groups in total. The molecule has 6 heteroatoms. The van der Waals surface area contributed by atoms with Gasteiger partial charge in [-0.25, -0.2) is 0 Å². The van der Waals surface area contributed by atoms with E-state index in [4.69, 9.17) is 11.6 Å². The Hall–Kier alpha value is -1.07. The molecule has 0 saturated carbocycles. The Labute approximate surface area is 112 Å². The first-order valence-corrected chi connectivity index (χ1v) is 6.58. The molecule has 0 atom stereocenters. The third kappa shape index (κ3) is 2.79. The molecular weight excluding hydrogens is 307 g/mol. The number of anilines is 2. The van der Waals surface area contributed by atoms with E-state index in [1.807, 2.05) is 0 Å². The van der Waals surface area contributed by atoms with E-state index in [0.717, 1.165) is 11.3 Å². The smallest absolute Gasteiger partial charge is 0.228 e. The molecule has 1 aromatic carbocycles. The number of amides is 2. The van der Waals surface area contributed by atoms with E-state index in [9.17, 15) is 9.59 Å². The maximum absolute atomic E-state index is 11.4. The SMILES string of the molecule is O=C(CCBr)Nc1cc2c(cc1Cl)NC(=O)C2. The van der Waals surface area contributed by atoms with Crippen molar-refractivity contribution in [3.05, 3.63) is 22.7 Å². The van der Waals surface area contributed by atoms with Crippen LogP contribution in [0.3, 0.4) is 0 Å². The van der Waals surface area contributed by atoms with E-state index < -0.39 is 0 Å². The van der Waals surface area contributed by atoms with E-state index in [-0.39, 0.29) is 11.8 Å². The van der Waals surface area contributed by atoms with Crippen LogP contribution in [0.2, 0.25) is 5.02 Å². The summed E-state index contributed by atoms with van der Waals surface area (Å²) in [5.41, 5.74) is 2.12. The van der Waals surface area contributed by atoms with E-state index in [0.29, 0.717) is 28.9 Å². The average Bonchev–Trinajstić information content (AvgIpc) is 2.58. The molecule has 0 spiro atoms. The molecule has 0 aromatic heterocycles. The molecule has 1 aliphatic heterocycles. The highest BCUT2D eigenvalue weighted by molar-refractivity contribution is 9.09. The van der Waals surface area contributed by atoms with Crippen LogP contribution in [0.4, 0.5) is 11.4 Å². The van der Waals surface area contributed by atoms with Crippen LogP contribution in [-0.2, 0) is 16.0 Å². The lowest BCUT2D eigenvalue weighted by Crippen LogP contribution is -2.12. The zero-order valence-corrected chi connectivity index (χ0v) is 11.2. The van der Waals surface area contributed by atoms with Gasteiger partial charge in [0.05, 0.1) is 17.1 Å². The van der Waals surface area contributed by atoms with Gasteiger partial charge in [-0.15, -0.1) is 0 Å². The van der Waals surface area contributed by atoms with Gasteiger partial charge < -0.3 is 10.6 Å². The largest absolute Gasteiger partial charge is 0.325 e. The van der Waals surface area contributed by atoms with Gasteiger partial charge in [0, 0.05) is 17.4 Å². The van der Waals surface area contributed by atoms with Crippen LogP contribution < -0.4 is 10.6 Å². The minimum absolute atomic E-state index is 0.0556. The fraction of sp³-hybridized carbons (Fsp3) is 0.273. The van der Waals surface area contributed by atoms with Gasteiger partial charge in [-0.2, -0.15) is 0 Å². The number of rotatable bonds is 3. The summed E-state index contributed by atoms with van der Waals surface area (Å²) in [7, 11) is 0. The van der Waals surface area contributed by atoms with Crippen LogP contribution in [0.25, 0.3) is 0 Å². The average molecular weight is 318 g/mol. The normalized spacial score (nSPS) is 13.2. The van der Waals surface area contributed by atoms with Crippen molar-refractivity contribution < 1.29 is 9.59 Å². The molecule has 0 fully saturated rings. The molecule has 4 nitrogen and oxygen atoms in total. The summed E-state index contributed by atoms with van der Waals surface area (Å²) < 4.78 is 0. The standard InChI is InChI=1S/C11H10BrClN2O2/c12-2-1-10(16)15-9-3-6-4-11(17)14-8(6)5-7(9)13/h3,5H,1-2,4H2,(H,14,17)(H,15,16). The second kappa shape index (κ2) is 5.06. The molecule has 1 heterocycles. The van der Waals surface area contributed by atoms with Crippen LogP contribution >= 0.6 is 27.5 Å². The second-order valence-electron chi connectivity index (χ2n) is 3.70. The lowest BCUT2D eigenvalue weighted by atomic mass is 10.1. The fourth-order valence-corrected chi connectivity index (χ4v) is 2.21. The highest BCUT2D eigenvalue weighted by Gasteiger charge is 2.20. The molecule has 0 unspecified atom stereocenters. The predicted octanol–water partition coefficient (Wildman–Crippen LogP) is 2.56.